The first-order valence-corrected chi connectivity index (χ1v) is 11.0. The van der Waals surface area contributed by atoms with Gasteiger partial charge in [0.1, 0.15) is 0 Å². The molecule has 5 nitrogen and oxygen atoms in total. The lowest BCUT2D eigenvalue weighted by Gasteiger charge is -2.22. The number of aromatic nitrogens is 2. The lowest BCUT2D eigenvalue weighted by molar-refractivity contribution is -0.137. The number of benzene rings is 2. The summed E-state index contributed by atoms with van der Waals surface area (Å²) in [4.78, 5) is 13.0. The van der Waals surface area contributed by atoms with Gasteiger partial charge in [0.15, 0.2) is 0 Å². The van der Waals surface area contributed by atoms with E-state index in [1.165, 1.54) is 12.1 Å². The number of carbonyl (C=O) groups is 1. The molecule has 1 atom stereocenters. The third-order valence-corrected chi connectivity index (χ3v) is 5.57. The van der Waals surface area contributed by atoms with Gasteiger partial charge in [-0.3, -0.25) is 9.48 Å². The average molecular weight is 479 g/mol. The van der Waals surface area contributed by atoms with E-state index in [0.29, 0.717) is 6.54 Å². The van der Waals surface area contributed by atoms with E-state index < -0.39 is 28.7 Å². The van der Waals surface area contributed by atoms with Crippen LogP contribution in [-0.2, 0) is 12.7 Å². The van der Waals surface area contributed by atoms with Crippen LogP contribution in [0.3, 0.4) is 0 Å². The van der Waals surface area contributed by atoms with Gasteiger partial charge in [0.25, 0.3) is 5.91 Å². The Labute approximate surface area is 195 Å². The number of hydrogen-bond donors (Lipinski definition) is 2. The molecule has 1 amide bonds. The molecule has 176 valence electrons. The van der Waals surface area contributed by atoms with E-state index in [-0.39, 0.29) is 11.6 Å². The van der Waals surface area contributed by atoms with Gasteiger partial charge in [-0.15, -0.1) is 0 Å². The van der Waals surface area contributed by atoms with Crippen LogP contribution < -0.4 is 10.6 Å². The lowest BCUT2D eigenvalue weighted by Crippen LogP contribution is -2.38. The largest absolute Gasteiger partial charge is 0.417 e. The van der Waals surface area contributed by atoms with Crippen molar-refractivity contribution >= 4 is 17.5 Å². The number of amides is 1. The zero-order chi connectivity index (χ0) is 24.2. The highest BCUT2D eigenvalue weighted by Crippen LogP contribution is 2.36. The standard InChI is InChI=1S/C24H26ClF3N4O/c1-4-32-14-18(12-30-32)16-7-5-8-17(11-16)21(13-29-15(2)3)31-23(33)19-9-6-10-20(22(19)25)24(26,27)28/h5-12,14-15,21,29H,4,13H2,1-3H3,(H,31,33). The maximum atomic E-state index is 13.2. The van der Waals surface area contributed by atoms with Crippen molar-refractivity contribution in [1.29, 1.82) is 0 Å². The molecule has 0 bridgehead atoms. The van der Waals surface area contributed by atoms with Gasteiger partial charge in [-0.05, 0) is 36.2 Å². The summed E-state index contributed by atoms with van der Waals surface area (Å²) in [7, 11) is 0. The van der Waals surface area contributed by atoms with Gasteiger partial charge in [-0.25, -0.2) is 0 Å². The number of carbonyl (C=O) groups excluding carboxylic acids is 1. The second-order valence-corrected chi connectivity index (χ2v) is 8.34. The highest BCUT2D eigenvalue weighted by molar-refractivity contribution is 6.34. The van der Waals surface area contributed by atoms with Crippen molar-refractivity contribution in [3.8, 4) is 11.1 Å². The molecule has 0 saturated heterocycles. The van der Waals surface area contributed by atoms with Gasteiger partial charge in [0.05, 0.1) is 28.4 Å². The fourth-order valence-electron chi connectivity index (χ4n) is 3.39. The minimum Gasteiger partial charge on any atom is -0.344 e. The summed E-state index contributed by atoms with van der Waals surface area (Å²) in [6.45, 7) is 7.07. The van der Waals surface area contributed by atoms with E-state index in [4.69, 9.17) is 11.6 Å². The van der Waals surface area contributed by atoms with Crippen molar-refractivity contribution in [2.24, 2.45) is 0 Å². The van der Waals surface area contributed by atoms with Crippen LogP contribution in [0.25, 0.3) is 11.1 Å². The first kappa shape index (κ1) is 24.8. The summed E-state index contributed by atoms with van der Waals surface area (Å²) in [5.41, 5.74) is 1.40. The highest BCUT2D eigenvalue weighted by Gasteiger charge is 2.35. The van der Waals surface area contributed by atoms with Gasteiger partial charge in [-0.2, -0.15) is 18.3 Å². The van der Waals surface area contributed by atoms with Gasteiger partial charge in [0, 0.05) is 30.9 Å². The SMILES string of the molecule is CCn1cc(-c2cccc(C(CNC(C)C)NC(=O)c3cccc(C(F)(F)F)c3Cl)c2)cn1. The molecule has 1 unspecified atom stereocenters. The summed E-state index contributed by atoms with van der Waals surface area (Å²) in [5.74, 6) is -0.675. The number of halogens is 4. The maximum Gasteiger partial charge on any atom is 0.417 e. The highest BCUT2D eigenvalue weighted by atomic mass is 35.5. The maximum absolute atomic E-state index is 13.2. The molecule has 0 aliphatic heterocycles. The molecule has 3 rings (SSSR count). The molecule has 1 aromatic heterocycles. The van der Waals surface area contributed by atoms with Crippen LogP contribution in [0.15, 0.2) is 54.9 Å². The van der Waals surface area contributed by atoms with Crippen LogP contribution in [-0.4, -0.2) is 28.3 Å². The Kier molecular flexibility index (Phi) is 7.81. The van der Waals surface area contributed by atoms with Gasteiger partial charge in [0.2, 0.25) is 0 Å². The van der Waals surface area contributed by atoms with E-state index in [9.17, 15) is 18.0 Å². The van der Waals surface area contributed by atoms with E-state index in [2.05, 4.69) is 15.7 Å². The third-order valence-electron chi connectivity index (χ3n) is 5.16. The Bertz CT molecular complexity index is 1110. The van der Waals surface area contributed by atoms with Crippen molar-refractivity contribution in [3.05, 3.63) is 76.6 Å². The van der Waals surface area contributed by atoms with Gasteiger partial charge in [-0.1, -0.05) is 49.7 Å². The molecule has 2 N–H and O–H groups in total. The molecule has 1 heterocycles. The third kappa shape index (κ3) is 6.15. The lowest BCUT2D eigenvalue weighted by atomic mass is 10.00. The zero-order valence-corrected chi connectivity index (χ0v) is 19.3. The Hall–Kier alpha value is -2.84. The topological polar surface area (TPSA) is 59.0 Å². The van der Waals surface area contributed by atoms with Crippen molar-refractivity contribution < 1.29 is 18.0 Å². The van der Waals surface area contributed by atoms with E-state index in [0.717, 1.165) is 29.3 Å². The van der Waals surface area contributed by atoms with Crippen LogP contribution in [0.2, 0.25) is 5.02 Å². The molecule has 33 heavy (non-hydrogen) atoms. The Morgan fingerprint density at radius 3 is 2.52 bits per heavy atom. The van der Waals surface area contributed by atoms with E-state index in [1.54, 1.807) is 6.20 Å². The molecule has 3 aromatic rings. The molecule has 2 aromatic carbocycles. The van der Waals surface area contributed by atoms with Crippen molar-refractivity contribution in [3.63, 3.8) is 0 Å². The summed E-state index contributed by atoms with van der Waals surface area (Å²) < 4.78 is 41.5. The van der Waals surface area contributed by atoms with Gasteiger partial charge >= 0.3 is 6.18 Å². The predicted molar refractivity (Wildman–Crippen MR) is 123 cm³/mol. The van der Waals surface area contributed by atoms with Crippen LogP contribution >= 0.6 is 11.6 Å². The number of hydrogen-bond acceptors (Lipinski definition) is 3. The van der Waals surface area contributed by atoms with Gasteiger partial charge < -0.3 is 10.6 Å². The second kappa shape index (κ2) is 10.4. The van der Waals surface area contributed by atoms with Crippen LogP contribution in [0, 0.1) is 0 Å². The Morgan fingerprint density at radius 2 is 1.88 bits per heavy atom. The first-order chi connectivity index (χ1) is 15.6. The molecule has 9 heteroatoms. The molecule has 0 saturated carbocycles. The summed E-state index contributed by atoms with van der Waals surface area (Å²) >= 11 is 5.96. The smallest absolute Gasteiger partial charge is 0.344 e. The summed E-state index contributed by atoms with van der Waals surface area (Å²) in [6, 6.07) is 10.6. The van der Waals surface area contributed by atoms with Crippen molar-refractivity contribution in [2.75, 3.05) is 6.54 Å². The quantitative estimate of drug-likeness (QED) is 0.436. The van der Waals surface area contributed by atoms with Crippen molar-refractivity contribution in [2.45, 2.75) is 45.6 Å². The first-order valence-electron chi connectivity index (χ1n) is 10.6. The predicted octanol–water partition coefficient (Wildman–Crippen LogP) is 5.71. The molecule has 0 aliphatic rings. The Balaban J connectivity index is 1.91. The number of rotatable bonds is 8. The average Bonchev–Trinajstić information content (AvgIpc) is 3.25. The second-order valence-electron chi connectivity index (χ2n) is 7.96. The van der Waals surface area contributed by atoms with Crippen molar-refractivity contribution in [1.82, 2.24) is 20.4 Å². The zero-order valence-electron chi connectivity index (χ0n) is 18.6. The van der Waals surface area contributed by atoms with E-state index in [1.807, 2.05) is 55.9 Å². The monoisotopic (exact) mass is 478 g/mol. The fraction of sp³-hybridized carbons (Fsp3) is 0.333. The summed E-state index contributed by atoms with van der Waals surface area (Å²) in [6.07, 6.45) is -0.949. The molecular formula is C24H26ClF3N4O. The van der Waals surface area contributed by atoms with Crippen LogP contribution in [0.5, 0.6) is 0 Å². The molecule has 0 fully saturated rings. The number of nitrogens with zero attached hydrogens (tertiary/aromatic N) is 2. The molecular weight excluding hydrogens is 453 g/mol. The molecule has 0 aliphatic carbocycles. The number of alkyl halides is 3. The van der Waals surface area contributed by atoms with E-state index >= 15 is 0 Å². The van der Waals surface area contributed by atoms with Crippen LogP contribution in [0.1, 0.15) is 48.3 Å². The summed E-state index contributed by atoms with van der Waals surface area (Å²) in [5, 5.41) is 9.81. The minimum atomic E-state index is -4.65. The normalized spacial score (nSPS) is 12.7. The molecule has 0 spiro atoms. The molecule has 0 radical (unpaired) electrons. The van der Waals surface area contributed by atoms with Crippen LogP contribution in [0.4, 0.5) is 13.2 Å². The minimum absolute atomic E-state index is 0.146. The Morgan fingerprint density at radius 1 is 1.15 bits per heavy atom. The fourth-order valence-corrected chi connectivity index (χ4v) is 3.71. The number of aryl methyl sites for hydroxylation is 1. The number of nitrogens with one attached hydrogen (secondary N) is 2.